The van der Waals surface area contributed by atoms with Crippen LogP contribution in [0.2, 0.25) is 0 Å². The number of hydrogen-bond donors (Lipinski definition) is 0. The second-order valence-corrected chi connectivity index (χ2v) is 6.04. The standard InChI is InChI=1S/C23H23N.2C2H6/c1-18-14-10-6-4-8-12-16-20-22(18)23-19(2)15-11-7-5-9-13-17-21(23)24(20)3;2*1-2/h4-17H,1-3H3;2*1-2H3. The predicted octanol–water partition coefficient (Wildman–Crippen LogP) is 8.25. The van der Waals surface area contributed by atoms with Crippen LogP contribution >= 0.6 is 0 Å². The molecule has 0 aliphatic heterocycles. The summed E-state index contributed by atoms with van der Waals surface area (Å²) in [6.45, 7) is 12.4. The summed E-state index contributed by atoms with van der Waals surface area (Å²) in [6.07, 6.45) is 0. The van der Waals surface area contributed by atoms with E-state index in [1.807, 2.05) is 27.7 Å². The molecule has 0 N–H and O–H groups in total. The first-order valence-electron chi connectivity index (χ1n) is 10.3. The monoisotopic (exact) mass is 373 g/mol. The maximum absolute atomic E-state index is 2.28. The Kier molecular flexibility index (Phi) is 10.4. The molecule has 28 heavy (non-hydrogen) atoms. The summed E-state index contributed by atoms with van der Waals surface area (Å²) in [7, 11) is 2.14. The summed E-state index contributed by atoms with van der Waals surface area (Å²) in [5.41, 5.74) is 5.02. The number of aryl methyl sites for hydroxylation is 3. The molecule has 0 bridgehead atoms. The van der Waals surface area contributed by atoms with Crippen LogP contribution in [0.25, 0.3) is 21.8 Å². The van der Waals surface area contributed by atoms with Crippen molar-refractivity contribution in [3.05, 3.63) is 96.1 Å². The zero-order valence-electron chi connectivity index (χ0n) is 18.5. The number of rotatable bonds is 0. The van der Waals surface area contributed by atoms with Gasteiger partial charge in [0.25, 0.3) is 0 Å². The molecular weight excluding hydrogens is 338 g/mol. The molecule has 0 radical (unpaired) electrons. The smallest absolute Gasteiger partial charge is 0.0491 e. The Hall–Kier alpha value is -2.80. The summed E-state index contributed by atoms with van der Waals surface area (Å²) in [5, 5.41) is 2.61. The number of hydrogen-bond acceptors (Lipinski definition) is 0. The maximum atomic E-state index is 2.28. The predicted molar refractivity (Wildman–Crippen MR) is 128 cm³/mol. The van der Waals surface area contributed by atoms with Gasteiger partial charge in [0.05, 0.1) is 0 Å². The van der Waals surface area contributed by atoms with Crippen molar-refractivity contribution in [2.45, 2.75) is 41.5 Å². The minimum atomic E-state index is 1.23. The Bertz CT molecular complexity index is 913. The van der Waals surface area contributed by atoms with Gasteiger partial charge in [0.1, 0.15) is 0 Å². The van der Waals surface area contributed by atoms with Gasteiger partial charge in [0.2, 0.25) is 0 Å². The van der Waals surface area contributed by atoms with Crippen LogP contribution in [-0.4, -0.2) is 4.57 Å². The lowest BCUT2D eigenvalue weighted by Gasteiger charge is -1.96. The molecule has 148 valence electrons. The summed E-state index contributed by atoms with van der Waals surface area (Å²) in [4.78, 5) is 0. The van der Waals surface area contributed by atoms with Crippen molar-refractivity contribution in [2.75, 3.05) is 0 Å². The highest BCUT2D eigenvalue weighted by atomic mass is 14.9. The molecule has 2 aromatic carbocycles. The first-order chi connectivity index (χ1) is 13.7. The highest BCUT2D eigenvalue weighted by Crippen LogP contribution is 2.30. The van der Waals surface area contributed by atoms with Gasteiger partial charge in [-0.25, -0.2) is 0 Å². The Balaban J connectivity index is 0.000000921. The molecule has 0 spiro atoms. The van der Waals surface area contributed by atoms with Crippen molar-refractivity contribution in [3.63, 3.8) is 0 Å². The van der Waals surface area contributed by atoms with Gasteiger partial charge in [-0.15, -0.1) is 0 Å². The fraction of sp³-hybridized carbons (Fsp3) is 0.259. The minimum Gasteiger partial charge on any atom is -0.344 e. The van der Waals surface area contributed by atoms with E-state index in [9.17, 15) is 0 Å². The van der Waals surface area contributed by atoms with Crippen LogP contribution in [0.1, 0.15) is 38.8 Å². The van der Waals surface area contributed by atoms with Crippen molar-refractivity contribution >= 4 is 21.8 Å². The third-order valence-electron chi connectivity index (χ3n) is 4.36. The molecule has 0 amide bonds. The van der Waals surface area contributed by atoms with Gasteiger partial charge in [-0.05, 0) is 37.1 Å². The van der Waals surface area contributed by atoms with Crippen LogP contribution in [0.3, 0.4) is 0 Å². The zero-order chi connectivity index (χ0) is 20.9. The number of aromatic nitrogens is 1. The quantitative estimate of drug-likeness (QED) is 0.374. The third-order valence-corrected chi connectivity index (χ3v) is 4.36. The van der Waals surface area contributed by atoms with E-state index in [-0.39, 0.29) is 0 Å². The molecule has 0 atom stereocenters. The lowest BCUT2D eigenvalue weighted by molar-refractivity contribution is 1.01. The molecule has 0 saturated heterocycles. The van der Waals surface area contributed by atoms with E-state index in [1.165, 1.54) is 32.9 Å². The number of fused-ring (bicyclic) bond motifs is 3. The Labute approximate surface area is 171 Å². The van der Waals surface area contributed by atoms with E-state index in [2.05, 4.69) is 110 Å². The maximum Gasteiger partial charge on any atom is 0.0491 e. The first kappa shape index (κ1) is 23.2. The van der Waals surface area contributed by atoms with Crippen LogP contribution in [0.5, 0.6) is 0 Å². The zero-order valence-corrected chi connectivity index (χ0v) is 18.5. The van der Waals surface area contributed by atoms with Crippen molar-refractivity contribution in [1.82, 2.24) is 4.57 Å². The summed E-state index contributed by atoms with van der Waals surface area (Å²) >= 11 is 0. The topological polar surface area (TPSA) is 4.93 Å². The van der Waals surface area contributed by atoms with Gasteiger partial charge in [-0.2, -0.15) is 0 Å². The SMILES string of the molecule is CC.CC.Cc1cccccccc2c1c1c(C)cccccccc1n2C. The van der Waals surface area contributed by atoms with Crippen molar-refractivity contribution in [2.24, 2.45) is 7.05 Å². The van der Waals surface area contributed by atoms with Gasteiger partial charge in [-0.3, -0.25) is 0 Å². The van der Waals surface area contributed by atoms with Crippen LogP contribution < -0.4 is 0 Å². The van der Waals surface area contributed by atoms with E-state index in [1.54, 1.807) is 0 Å². The molecule has 3 aromatic rings. The summed E-state index contributed by atoms with van der Waals surface area (Å²) < 4.78 is 2.28. The highest BCUT2D eigenvalue weighted by molar-refractivity contribution is 6.10. The van der Waals surface area contributed by atoms with E-state index >= 15 is 0 Å². The molecule has 0 fully saturated rings. The molecule has 0 unspecified atom stereocenters. The molecule has 0 aliphatic carbocycles. The lowest BCUT2D eigenvalue weighted by atomic mass is 10.1. The van der Waals surface area contributed by atoms with E-state index in [0.717, 1.165) is 0 Å². The molecule has 3 rings (SSSR count). The third kappa shape index (κ3) is 5.60. The molecule has 0 aliphatic rings. The summed E-state index contributed by atoms with van der Waals surface area (Å²) in [6, 6.07) is 29.6. The molecule has 1 nitrogen and oxygen atoms in total. The highest BCUT2D eigenvalue weighted by Gasteiger charge is 2.08. The Morgan fingerprint density at radius 3 is 1.11 bits per heavy atom. The van der Waals surface area contributed by atoms with E-state index < -0.39 is 0 Å². The fourth-order valence-corrected chi connectivity index (χ4v) is 3.15. The van der Waals surface area contributed by atoms with Gasteiger partial charge >= 0.3 is 0 Å². The second kappa shape index (κ2) is 12.6. The first-order valence-corrected chi connectivity index (χ1v) is 10.3. The second-order valence-electron chi connectivity index (χ2n) is 6.04. The lowest BCUT2D eigenvalue weighted by Crippen LogP contribution is -1.84. The number of nitrogens with zero attached hydrogens (tertiary/aromatic N) is 1. The largest absolute Gasteiger partial charge is 0.344 e. The average molecular weight is 374 g/mol. The van der Waals surface area contributed by atoms with Crippen LogP contribution in [0.4, 0.5) is 0 Å². The van der Waals surface area contributed by atoms with Gasteiger partial charge in [0.15, 0.2) is 0 Å². The van der Waals surface area contributed by atoms with Crippen molar-refractivity contribution < 1.29 is 0 Å². The van der Waals surface area contributed by atoms with E-state index in [4.69, 9.17) is 0 Å². The summed E-state index contributed by atoms with van der Waals surface area (Å²) in [5.74, 6) is 0. The Morgan fingerprint density at radius 1 is 0.464 bits per heavy atom. The van der Waals surface area contributed by atoms with Gasteiger partial charge in [0, 0.05) is 28.9 Å². The molecular formula is C27H35N. The van der Waals surface area contributed by atoms with Crippen LogP contribution in [0.15, 0.2) is 84.9 Å². The van der Waals surface area contributed by atoms with Gasteiger partial charge in [-0.1, -0.05) is 100 Å². The molecule has 0 saturated carbocycles. The van der Waals surface area contributed by atoms with Crippen molar-refractivity contribution in [3.8, 4) is 0 Å². The molecule has 1 heteroatoms. The van der Waals surface area contributed by atoms with Crippen LogP contribution in [0, 0.1) is 13.8 Å². The molecule has 1 heterocycles. The van der Waals surface area contributed by atoms with Crippen molar-refractivity contribution in [1.29, 1.82) is 0 Å². The average Bonchev–Trinajstić information content (AvgIpc) is 3.01. The molecule has 1 aromatic heterocycles. The minimum absolute atomic E-state index is 1.23. The normalized spacial score (nSPS) is 9.25. The Morgan fingerprint density at radius 2 is 0.750 bits per heavy atom. The van der Waals surface area contributed by atoms with Gasteiger partial charge < -0.3 is 4.57 Å². The fourth-order valence-electron chi connectivity index (χ4n) is 3.15. The van der Waals surface area contributed by atoms with Crippen LogP contribution in [-0.2, 0) is 7.05 Å². The van der Waals surface area contributed by atoms with E-state index in [0.29, 0.717) is 0 Å².